The molecule has 0 radical (unpaired) electrons. The highest BCUT2D eigenvalue weighted by molar-refractivity contribution is 6.09. The van der Waals surface area contributed by atoms with Crippen LogP contribution < -0.4 is 5.32 Å². The van der Waals surface area contributed by atoms with E-state index < -0.39 is 29.5 Å². The lowest BCUT2D eigenvalue weighted by Crippen LogP contribution is -2.46. The number of urea groups is 1. The van der Waals surface area contributed by atoms with E-state index in [1.54, 1.807) is 6.92 Å². The van der Waals surface area contributed by atoms with Crippen molar-refractivity contribution in [3.05, 3.63) is 0 Å². The third-order valence-electron chi connectivity index (χ3n) is 3.07. The van der Waals surface area contributed by atoms with Crippen molar-refractivity contribution < 1.29 is 19.5 Å². The number of carboxylic acid groups (broad SMARTS) is 1. The second-order valence-electron chi connectivity index (χ2n) is 4.56. The molecule has 6 nitrogen and oxygen atoms in total. The van der Waals surface area contributed by atoms with Crippen LogP contribution in [0.2, 0.25) is 0 Å². The van der Waals surface area contributed by atoms with Gasteiger partial charge in [-0.2, -0.15) is 0 Å². The normalized spacial score (nSPS) is 25.9. The van der Waals surface area contributed by atoms with Crippen LogP contribution in [-0.2, 0) is 9.59 Å². The van der Waals surface area contributed by atoms with E-state index in [0.717, 1.165) is 17.7 Å². The van der Waals surface area contributed by atoms with Crippen molar-refractivity contribution in [3.63, 3.8) is 0 Å². The van der Waals surface area contributed by atoms with Crippen molar-refractivity contribution in [1.82, 2.24) is 10.2 Å². The van der Waals surface area contributed by atoms with E-state index in [1.165, 1.54) is 6.92 Å². The molecule has 2 N–H and O–H groups in total. The first kappa shape index (κ1) is 13.5. The fourth-order valence-electron chi connectivity index (χ4n) is 1.87. The van der Waals surface area contributed by atoms with Gasteiger partial charge in [-0.3, -0.25) is 4.79 Å². The van der Waals surface area contributed by atoms with Crippen LogP contribution in [0.25, 0.3) is 0 Å². The van der Waals surface area contributed by atoms with Crippen LogP contribution in [0.4, 0.5) is 4.79 Å². The van der Waals surface area contributed by atoms with Crippen molar-refractivity contribution in [2.75, 3.05) is 0 Å². The Balaban J connectivity index is 2.88. The molecule has 3 amide bonds. The van der Waals surface area contributed by atoms with Crippen LogP contribution >= 0.6 is 0 Å². The van der Waals surface area contributed by atoms with Gasteiger partial charge in [0, 0.05) is 0 Å². The van der Waals surface area contributed by atoms with Gasteiger partial charge in [-0.05, 0) is 20.3 Å². The van der Waals surface area contributed by atoms with Gasteiger partial charge in [-0.25, -0.2) is 14.5 Å². The number of hydrogen-bond acceptors (Lipinski definition) is 3. The molecule has 6 heteroatoms. The topological polar surface area (TPSA) is 86.7 Å². The predicted octanol–water partition coefficient (Wildman–Crippen LogP) is 0.960. The number of imide groups is 1. The van der Waals surface area contributed by atoms with Crippen LogP contribution in [0.15, 0.2) is 0 Å². The predicted molar refractivity (Wildman–Crippen MR) is 60.4 cm³/mol. The lowest BCUT2D eigenvalue weighted by atomic mass is 9.95. The van der Waals surface area contributed by atoms with Gasteiger partial charge < -0.3 is 10.4 Å². The quantitative estimate of drug-likeness (QED) is 0.703. The highest BCUT2D eigenvalue weighted by Gasteiger charge is 2.50. The minimum absolute atomic E-state index is 0.453. The molecule has 96 valence electrons. The van der Waals surface area contributed by atoms with Gasteiger partial charge in [-0.1, -0.05) is 19.8 Å². The Labute approximate surface area is 100.0 Å². The van der Waals surface area contributed by atoms with E-state index in [0.29, 0.717) is 6.42 Å². The minimum Gasteiger partial charge on any atom is -0.480 e. The summed E-state index contributed by atoms with van der Waals surface area (Å²) in [6.07, 6.45) is 2.24. The summed E-state index contributed by atoms with van der Waals surface area (Å²) in [4.78, 5) is 35.3. The van der Waals surface area contributed by atoms with Crippen molar-refractivity contribution in [2.24, 2.45) is 0 Å². The molecular weight excluding hydrogens is 224 g/mol. The fraction of sp³-hybridized carbons (Fsp3) is 0.727. The fourth-order valence-corrected chi connectivity index (χ4v) is 1.87. The average molecular weight is 242 g/mol. The zero-order chi connectivity index (χ0) is 13.2. The number of unbranched alkanes of at least 4 members (excludes halogenated alkanes) is 1. The molecule has 0 aliphatic carbocycles. The average Bonchev–Trinajstić information content (AvgIpc) is 2.47. The zero-order valence-electron chi connectivity index (χ0n) is 10.3. The molecule has 0 unspecified atom stereocenters. The molecule has 0 bridgehead atoms. The van der Waals surface area contributed by atoms with Crippen molar-refractivity contribution in [1.29, 1.82) is 0 Å². The van der Waals surface area contributed by atoms with Gasteiger partial charge in [0.15, 0.2) is 0 Å². The SMILES string of the molecule is CCCC[C@@]1(C)NC(=O)N([C@H](C)C(=O)O)C1=O. The molecule has 0 aromatic rings. The van der Waals surface area contributed by atoms with Crippen LogP contribution in [0.3, 0.4) is 0 Å². The van der Waals surface area contributed by atoms with E-state index in [1.807, 2.05) is 6.92 Å². The van der Waals surface area contributed by atoms with Gasteiger partial charge in [0.2, 0.25) is 0 Å². The number of aliphatic carboxylic acids is 1. The third kappa shape index (κ3) is 2.40. The molecule has 1 saturated heterocycles. The Morgan fingerprint density at radius 1 is 1.53 bits per heavy atom. The molecule has 0 saturated carbocycles. The van der Waals surface area contributed by atoms with E-state index in [-0.39, 0.29) is 0 Å². The molecule has 0 spiro atoms. The molecule has 0 aromatic heterocycles. The van der Waals surface area contributed by atoms with Crippen LogP contribution in [0.5, 0.6) is 0 Å². The van der Waals surface area contributed by atoms with E-state index in [2.05, 4.69) is 5.32 Å². The second-order valence-corrected chi connectivity index (χ2v) is 4.56. The molecule has 2 atom stereocenters. The second kappa shape index (κ2) is 4.73. The largest absolute Gasteiger partial charge is 0.480 e. The smallest absolute Gasteiger partial charge is 0.326 e. The first-order valence-electron chi connectivity index (χ1n) is 5.72. The summed E-state index contributed by atoms with van der Waals surface area (Å²) >= 11 is 0. The maximum atomic E-state index is 12.1. The summed E-state index contributed by atoms with van der Waals surface area (Å²) in [5.41, 5.74) is -0.962. The monoisotopic (exact) mass is 242 g/mol. The zero-order valence-corrected chi connectivity index (χ0v) is 10.3. The highest BCUT2D eigenvalue weighted by atomic mass is 16.4. The van der Waals surface area contributed by atoms with Gasteiger partial charge in [-0.15, -0.1) is 0 Å². The lowest BCUT2D eigenvalue weighted by Gasteiger charge is -2.22. The minimum atomic E-state index is -1.19. The van der Waals surface area contributed by atoms with Crippen LogP contribution in [-0.4, -0.2) is 39.5 Å². The first-order chi connectivity index (χ1) is 7.83. The number of amides is 3. The summed E-state index contributed by atoms with van der Waals surface area (Å²) in [5, 5.41) is 11.4. The molecule has 1 fully saturated rings. The Morgan fingerprint density at radius 3 is 2.59 bits per heavy atom. The van der Waals surface area contributed by atoms with Gasteiger partial charge in [0.1, 0.15) is 11.6 Å². The summed E-state index contributed by atoms with van der Waals surface area (Å²) in [7, 11) is 0. The molecular formula is C11H18N2O4. The van der Waals surface area contributed by atoms with Crippen LogP contribution in [0, 0.1) is 0 Å². The number of carbonyl (C=O) groups is 3. The summed E-state index contributed by atoms with van der Waals surface area (Å²) in [6, 6.07) is -1.76. The standard InChI is InChI=1S/C11H18N2O4/c1-4-5-6-11(3)9(16)13(10(17)12-11)7(2)8(14)15/h7H,4-6H2,1-3H3,(H,12,17)(H,14,15)/t7-,11-/m1/s1. The number of nitrogens with zero attached hydrogens (tertiary/aromatic N) is 1. The number of rotatable bonds is 5. The molecule has 1 aliphatic rings. The Bertz CT molecular complexity index is 355. The molecule has 1 aliphatic heterocycles. The maximum absolute atomic E-state index is 12.1. The number of nitrogens with one attached hydrogen (secondary N) is 1. The maximum Gasteiger partial charge on any atom is 0.326 e. The Kier molecular flexibility index (Phi) is 3.75. The molecule has 17 heavy (non-hydrogen) atoms. The summed E-state index contributed by atoms with van der Waals surface area (Å²) < 4.78 is 0. The Hall–Kier alpha value is -1.59. The molecule has 0 aromatic carbocycles. The van der Waals surface area contributed by atoms with Crippen molar-refractivity contribution >= 4 is 17.9 Å². The number of carbonyl (C=O) groups excluding carboxylic acids is 2. The van der Waals surface area contributed by atoms with E-state index in [9.17, 15) is 14.4 Å². The van der Waals surface area contributed by atoms with Crippen LogP contribution in [0.1, 0.15) is 40.0 Å². The number of carboxylic acids is 1. The highest BCUT2D eigenvalue weighted by Crippen LogP contribution is 2.24. The van der Waals surface area contributed by atoms with E-state index >= 15 is 0 Å². The van der Waals surface area contributed by atoms with Gasteiger partial charge >= 0.3 is 12.0 Å². The van der Waals surface area contributed by atoms with Crippen molar-refractivity contribution in [2.45, 2.75) is 51.6 Å². The molecule has 1 rings (SSSR count). The first-order valence-corrected chi connectivity index (χ1v) is 5.72. The van der Waals surface area contributed by atoms with Gasteiger partial charge in [0.05, 0.1) is 0 Å². The number of hydrogen-bond donors (Lipinski definition) is 2. The van der Waals surface area contributed by atoms with E-state index in [4.69, 9.17) is 5.11 Å². The summed E-state index contributed by atoms with van der Waals surface area (Å²) in [5.74, 6) is -1.64. The molecule has 1 heterocycles. The lowest BCUT2D eigenvalue weighted by molar-refractivity contribution is -0.147. The Morgan fingerprint density at radius 2 is 2.12 bits per heavy atom. The van der Waals surface area contributed by atoms with Crippen molar-refractivity contribution in [3.8, 4) is 0 Å². The third-order valence-corrected chi connectivity index (χ3v) is 3.07. The summed E-state index contributed by atoms with van der Waals surface area (Å²) in [6.45, 7) is 4.95. The van der Waals surface area contributed by atoms with Gasteiger partial charge in [0.25, 0.3) is 5.91 Å².